The van der Waals surface area contributed by atoms with E-state index in [1.165, 1.54) is 16.7 Å². The summed E-state index contributed by atoms with van der Waals surface area (Å²) in [7, 11) is 0. The van der Waals surface area contributed by atoms with Crippen LogP contribution in [0.15, 0.2) is 53.5 Å². The number of likely N-dealkylation sites (tertiary alicyclic amines) is 1. The molecule has 132 valence electrons. The van der Waals surface area contributed by atoms with Gasteiger partial charge in [-0.15, -0.1) is 0 Å². The average Bonchev–Trinajstić information content (AvgIpc) is 3.19. The Morgan fingerprint density at radius 3 is 2.58 bits per heavy atom. The molecule has 5 nitrogen and oxygen atoms in total. The Labute approximate surface area is 149 Å². The first-order valence-electron chi connectivity index (χ1n) is 8.66. The van der Waals surface area contributed by atoms with Gasteiger partial charge in [-0.25, -0.2) is 9.37 Å². The normalized spacial score (nSPS) is 14.1. The molecule has 0 radical (unpaired) electrons. The van der Waals surface area contributed by atoms with E-state index in [2.05, 4.69) is 4.98 Å². The van der Waals surface area contributed by atoms with E-state index in [0.717, 1.165) is 23.8 Å². The van der Waals surface area contributed by atoms with Crippen LogP contribution >= 0.6 is 0 Å². The van der Waals surface area contributed by atoms with Gasteiger partial charge in [-0.3, -0.25) is 14.2 Å². The zero-order chi connectivity index (χ0) is 18.1. The van der Waals surface area contributed by atoms with E-state index < -0.39 is 0 Å². The Hall–Kier alpha value is -3.02. The van der Waals surface area contributed by atoms with Gasteiger partial charge in [0, 0.05) is 24.7 Å². The van der Waals surface area contributed by atoms with Gasteiger partial charge in [0.15, 0.2) is 0 Å². The maximum absolute atomic E-state index is 13.2. The first-order valence-corrected chi connectivity index (χ1v) is 8.66. The van der Waals surface area contributed by atoms with Gasteiger partial charge in [0.1, 0.15) is 17.0 Å². The molecule has 4 rings (SSSR count). The van der Waals surface area contributed by atoms with Crippen LogP contribution in [0.25, 0.3) is 11.0 Å². The average molecular weight is 351 g/mol. The number of hydrogen-bond donors (Lipinski definition) is 0. The van der Waals surface area contributed by atoms with Gasteiger partial charge in [0.05, 0.1) is 6.54 Å². The molecule has 0 N–H and O–H groups in total. The lowest BCUT2D eigenvalue weighted by molar-refractivity contribution is 0.0790. The number of benzene rings is 1. The minimum atomic E-state index is -0.363. The molecule has 0 saturated carbocycles. The molecule has 0 unspecified atom stereocenters. The van der Waals surface area contributed by atoms with Gasteiger partial charge < -0.3 is 4.90 Å². The second kappa shape index (κ2) is 6.71. The number of rotatable bonds is 3. The largest absolute Gasteiger partial charge is 0.338 e. The van der Waals surface area contributed by atoms with E-state index in [0.29, 0.717) is 18.7 Å². The zero-order valence-electron chi connectivity index (χ0n) is 14.2. The molecule has 2 aromatic heterocycles. The molecule has 1 saturated heterocycles. The fourth-order valence-electron chi connectivity index (χ4n) is 3.37. The molecular weight excluding hydrogens is 333 g/mol. The maximum atomic E-state index is 13.2. The monoisotopic (exact) mass is 351 g/mol. The van der Waals surface area contributed by atoms with Gasteiger partial charge in [-0.1, -0.05) is 12.1 Å². The lowest BCUT2D eigenvalue weighted by atomic mass is 10.1. The van der Waals surface area contributed by atoms with E-state index in [1.807, 2.05) is 6.07 Å². The van der Waals surface area contributed by atoms with Crippen LogP contribution < -0.4 is 5.56 Å². The summed E-state index contributed by atoms with van der Waals surface area (Å²) < 4.78 is 14.7. The van der Waals surface area contributed by atoms with E-state index in [1.54, 1.807) is 35.4 Å². The van der Waals surface area contributed by atoms with Crippen molar-refractivity contribution >= 4 is 16.9 Å². The summed E-state index contributed by atoms with van der Waals surface area (Å²) in [4.78, 5) is 31.9. The Bertz CT molecular complexity index is 1020. The van der Waals surface area contributed by atoms with E-state index >= 15 is 0 Å². The molecule has 1 fully saturated rings. The van der Waals surface area contributed by atoms with Crippen LogP contribution in [0.1, 0.15) is 28.8 Å². The molecule has 1 amide bonds. The van der Waals surface area contributed by atoms with Crippen molar-refractivity contribution in [2.75, 3.05) is 13.1 Å². The number of amides is 1. The van der Waals surface area contributed by atoms with Crippen LogP contribution in [-0.4, -0.2) is 33.4 Å². The first kappa shape index (κ1) is 16.4. The highest BCUT2D eigenvalue weighted by atomic mass is 19.1. The Morgan fingerprint density at radius 2 is 1.85 bits per heavy atom. The molecular formula is C20H18FN3O2. The van der Waals surface area contributed by atoms with Crippen LogP contribution in [0.4, 0.5) is 4.39 Å². The highest BCUT2D eigenvalue weighted by Gasteiger charge is 2.24. The third kappa shape index (κ3) is 2.98. The number of carbonyl (C=O) groups is 1. The summed E-state index contributed by atoms with van der Waals surface area (Å²) in [6.07, 6.45) is 3.54. The highest BCUT2D eigenvalue weighted by Crippen LogP contribution is 2.16. The van der Waals surface area contributed by atoms with Crippen molar-refractivity contribution < 1.29 is 9.18 Å². The van der Waals surface area contributed by atoms with Crippen molar-refractivity contribution in [3.8, 4) is 0 Å². The van der Waals surface area contributed by atoms with Crippen LogP contribution in [-0.2, 0) is 6.54 Å². The van der Waals surface area contributed by atoms with Crippen LogP contribution in [0.3, 0.4) is 0 Å². The maximum Gasteiger partial charge on any atom is 0.265 e. The standard InChI is InChI=1S/C20H18FN3O2/c21-16-7-5-14(6-8-16)13-24-18-15(4-3-9-22-18)12-17(20(24)26)19(25)23-10-1-2-11-23/h3-9,12H,1-2,10-11,13H2. The fourth-order valence-corrected chi connectivity index (χ4v) is 3.37. The predicted octanol–water partition coefficient (Wildman–Crippen LogP) is 2.82. The lowest BCUT2D eigenvalue weighted by Crippen LogP contribution is -2.35. The zero-order valence-corrected chi connectivity index (χ0v) is 14.2. The van der Waals surface area contributed by atoms with E-state index in [-0.39, 0.29) is 29.4 Å². The molecule has 0 aliphatic carbocycles. The quantitative estimate of drug-likeness (QED) is 0.729. The summed E-state index contributed by atoms with van der Waals surface area (Å²) in [5.41, 5.74) is 1.08. The first-order chi connectivity index (χ1) is 12.6. The van der Waals surface area contributed by atoms with E-state index in [4.69, 9.17) is 0 Å². The summed E-state index contributed by atoms with van der Waals surface area (Å²) in [5, 5.41) is 0.733. The fraction of sp³-hybridized carbons (Fsp3) is 0.250. The van der Waals surface area contributed by atoms with E-state index in [9.17, 15) is 14.0 Å². The minimum absolute atomic E-state index is 0.162. The molecule has 1 aliphatic heterocycles. The highest BCUT2D eigenvalue weighted by molar-refractivity contribution is 5.97. The van der Waals surface area contributed by atoms with Crippen LogP contribution in [0.2, 0.25) is 0 Å². The van der Waals surface area contributed by atoms with Crippen molar-refractivity contribution in [2.24, 2.45) is 0 Å². The molecule has 3 aromatic rings. The predicted molar refractivity (Wildman–Crippen MR) is 96.6 cm³/mol. The Morgan fingerprint density at radius 1 is 1.12 bits per heavy atom. The molecule has 0 atom stereocenters. The molecule has 1 aliphatic rings. The third-order valence-electron chi connectivity index (χ3n) is 4.73. The lowest BCUT2D eigenvalue weighted by Gasteiger charge is -2.17. The molecule has 1 aromatic carbocycles. The summed E-state index contributed by atoms with van der Waals surface area (Å²) >= 11 is 0. The topological polar surface area (TPSA) is 55.2 Å². The number of carbonyl (C=O) groups excluding carboxylic acids is 1. The van der Waals surface area contributed by atoms with Crippen molar-refractivity contribution in [1.29, 1.82) is 0 Å². The molecule has 6 heteroatoms. The van der Waals surface area contributed by atoms with Crippen molar-refractivity contribution in [1.82, 2.24) is 14.5 Å². The Kier molecular flexibility index (Phi) is 4.24. The van der Waals surface area contributed by atoms with Crippen LogP contribution in [0, 0.1) is 5.82 Å². The summed E-state index contributed by atoms with van der Waals surface area (Å²) in [6.45, 7) is 1.59. The molecule has 0 spiro atoms. The molecule has 0 bridgehead atoms. The van der Waals surface area contributed by atoms with Gasteiger partial charge in [0.25, 0.3) is 11.5 Å². The number of hydrogen-bond acceptors (Lipinski definition) is 3. The minimum Gasteiger partial charge on any atom is -0.338 e. The summed E-state index contributed by atoms with van der Waals surface area (Å²) in [5.74, 6) is -0.562. The van der Waals surface area contributed by atoms with Crippen molar-refractivity contribution in [2.45, 2.75) is 19.4 Å². The second-order valence-corrected chi connectivity index (χ2v) is 6.49. The number of pyridine rings is 2. The van der Waals surface area contributed by atoms with Crippen molar-refractivity contribution in [3.63, 3.8) is 0 Å². The number of fused-ring (bicyclic) bond motifs is 1. The summed E-state index contributed by atoms with van der Waals surface area (Å²) in [6, 6.07) is 11.2. The molecule has 26 heavy (non-hydrogen) atoms. The number of halogens is 1. The van der Waals surface area contributed by atoms with Crippen molar-refractivity contribution in [3.05, 3.63) is 76.0 Å². The third-order valence-corrected chi connectivity index (χ3v) is 4.73. The van der Waals surface area contributed by atoms with Crippen LogP contribution in [0.5, 0.6) is 0 Å². The number of aromatic nitrogens is 2. The second-order valence-electron chi connectivity index (χ2n) is 6.49. The smallest absolute Gasteiger partial charge is 0.265 e. The SMILES string of the molecule is O=C(c1cc2cccnc2n(Cc2ccc(F)cc2)c1=O)N1CCCC1. The van der Waals surface area contributed by atoms with Gasteiger partial charge >= 0.3 is 0 Å². The van der Waals surface area contributed by atoms with Gasteiger partial charge in [0.2, 0.25) is 0 Å². The Balaban J connectivity index is 1.84. The molecule has 3 heterocycles. The van der Waals surface area contributed by atoms with Gasteiger partial charge in [-0.2, -0.15) is 0 Å². The number of nitrogens with zero attached hydrogens (tertiary/aromatic N) is 3. The van der Waals surface area contributed by atoms with Gasteiger partial charge in [-0.05, 0) is 48.7 Å².